The van der Waals surface area contributed by atoms with Crippen molar-refractivity contribution in [1.82, 2.24) is 0 Å². The fourth-order valence-electron chi connectivity index (χ4n) is 1.83. The molecule has 1 amide bonds. The fourth-order valence-corrected chi connectivity index (χ4v) is 1.83. The monoisotopic (exact) mass is 375 g/mol. The highest BCUT2D eigenvalue weighted by molar-refractivity contribution is 5.95. The minimum absolute atomic E-state index is 0.0950. The van der Waals surface area contributed by atoms with Crippen LogP contribution < -0.4 is 10.1 Å². The Kier molecular flexibility index (Phi) is 5.75. The first-order valence-corrected chi connectivity index (χ1v) is 6.92. The molecule has 138 valence electrons. The molecule has 0 spiro atoms. The standard InChI is InChI=1S/C16H10F5NO4/c17-11-2-1-3-12(18)14(11)15(24)25-8-13(23)22-9-4-6-10(7-5-9)26-16(19,20)21/h1-7H,8H2,(H,22,23). The number of hydrogen-bond donors (Lipinski definition) is 1. The number of rotatable bonds is 5. The Hall–Kier alpha value is -3.17. The first-order chi connectivity index (χ1) is 12.2. The highest BCUT2D eigenvalue weighted by Gasteiger charge is 2.31. The number of esters is 1. The van der Waals surface area contributed by atoms with E-state index in [0.717, 1.165) is 42.5 Å². The molecule has 0 aliphatic rings. The number of halogens is 5. The van der Waals surface area contributed by atoms with Crippen LogP contribution in [0.1, 0.15) is 10.4 Å². The second-order valence-corrected chi connectivity index (χ2v) is 4.79. The van der Waals surface area contributed by atoms with E-state index in [1.807, 2.05) is 0 Å². The van der Waals surface area contributed by atoms with E-state index in [1.54, 1.807) is 0 Å². The normalized spacial score (nSPS) is 11.0. The van der Waals surface area contributed by atoms with E-state index in [0.29, 0.717) is 0 Å². The van der Waals surface area contributed by atoms with Crippen molar-refractivity contribution in [2.75, 3.05) is 11.9 Å². The minimum atomic E-state index is -4.85. The lowest BCUT2D eigenvalue weighted by Crippen LogP contribution is -2.22. The van der Waals surface area contributed by atoms with Crippen molar-refractivity contribution in [2.24, 2.45) is 0 Å². The highest BCUT2D eigenvalue weighted by atomic mass is 19.4. The van der Waals surface area contributed by atoms with Crippen molar-refractivity contribution >= 4 is 17.6 Å². The summed E-state index contributed by atoms with van der Waals surface area (Å²) in [7, 11) is 0. The van der Waals surface area contributed by atoms with E-state index >= 15 is 0 Å². The zero-order valence-corrected chi connectivity index (χ0v) is 12.8. The average molecular weight is 375 g/mol. The molecule has 2 aromatic carbocycles. The maximum absolute atomic E-state index is 13.4. The number of alkyl halides is 3. The lowest BCUT2D eigenvalue weighted by atomic mass is 10.2. The average Bonchev–Trinajstić information content (AvgIpc) is 2.53. The van der Waals surface area contributed by atoms with Crippen molar-refractivity contribution in [3.8, 4) is 5.75 Å². The van der Waals surface area contributed by atoms with Crippen molar-refractivity contribution in [3.63, 3.8) is 0 Å². The fraction of sp³-hybridized carbons (Fsp3) is 0.125. The quantitative estimate of drug-likeness (QED) is 0.640. The van der Waals surface area contributed by atoms with Crippen LogP contribution in [0.15, 0.2) is 42.5 Å². The summed E-state index contributed by atoms with van der Waals surface area (Å²) in [6.07, 6.45) is -4.85. The Bertz CT molecular complexity index is 785. The van der Waals surface area contributed by atoms with E-state index in [1.165, 1.54) is 0 Å². The van der Waals surface area contributed by atoms with Gasteiger partial charge in [-0.2, -0.15) is 0 Å². The van der Waals surface area contributed by atoms with Gasteiger partial charge in [0.05, 0.1) is 0 Å². The molecule has 0 fully saturated rings. The van der Waals surface area contributed by atoms with Crippen LogP contribution in [-0.4, -0.2) is 24.8 Å². The molecule has 0 aliphatic heterocycles. The molecule has 0 saturated heterocycles. The van der Waals surface area contributed by atoms with Crippen LogP contribution in [-0.2, 0) is 9.53 Å². The summed E-state index contributed by atoms with van der Waals surface area (Å²) in [5, 5.41) is 2.23. The van der Waals surface area contributed by atoms with Crippen molar-refractivity contribution in [1.29, 1.82) is 0 Å². The number of benzene rings is 2. The van der Waals surface area contributed by atoms with Gasteiger partial charge < -0.3 is 14.8 Å². The summed E-state index contributed by atoms with van der Waals surface area (Å²) in [5.41, 5.74) is -0.841. The minimum Gasteiger partial charge on any atom is -0.452 e. The first kappa shape index (κ1) is 19.2. The van der Waals surface area contributed by atoms with Gasteiger partial charge in [0.1, 0.15) is 22.9 Å². The molecule has 10 heteroatoms. The number of amides is 1. The molecule has 26 heavy (non-hydrogen) atoms. The van der Waals surface area contributed by atoms with Crippen LogP contribution in [0.25, 0.3) is 0 Å². The van der Waals surface area contributed by atoms with Crippen LogP contribution in [0.5, 0.6) is 5.75 Å². The second kappa shape index (κ2) is 7.81. The third-order valence-corrected chi connectivity index (χ3v) is 2.87. The van der Waals surface area contributed by atoms with Crippen LogP contribution in [0, 0.1) is 11.6 Å². The largest absolute Gasteiger partial charge is 0.573 e. The molecule has 0 heterocycles. The third kappa shape index (κ3) is 5.43. The summed E-state index contributed by atoms with van der Waals surface area (Å²) in [4.78, 5) is 23.3. The maximum Gasteiger partial charge on any atom is 0.573 e. The van der Waals surface area contributed by atoms with Gasteiger partial charge >= 0.3 is 12.3 Å². The Morgan fingerprint density at radius 2 is 1.54 bits per heavy atom. The van der Waals surface area contributed by atoms with E-state index in [4.69, 9.17) is 0 Å². The molecule has 5 nitrogen and oxygen atoms in total. The summed E-state index contributed by atoms with van der Waals surface area (Å²) >= 11 is 0. The zero-order chi connectivity index (χ0) is 19.3. The molecule has 0 unspecified atom stereocenters. The molecular formula is C16H10F5NO4. The molecule has 0 atom stereocenters. The number of carbonyl (C=O) groups excluding carboxylic acids is 2. The lowest BCUT2D eigenvalue weighted by molar-refractivity contribution is -0.274. The Morgan fingerprint density at radius 1 is 0.962 bits per heavy atom. The maximum atomic E-state index is 13.4. The van der Waals surface area contributed by atoms with Gasteiger partial charge in [0.25, 0.3) is 5.91 Å². The topological polar surface area (TPSA) is 64.6 Å². The van der Waals surface area contributed by atoms with E-state index in [-0.39, 0.29) is 5.69 Å². The molecule has 0 radical (unpaired) electrons. The molecule has 0 aliphatic carbocycles. The SMILES string of the molecule is O=C(COC(=O)c1c(F)cccc1F)Nc1ccc(OC(F)(F)F)cc1. The van der Waals surface area contributed by atoms with Gasteiger partial charge in [-0.25, -0.2) is 13.6 Å². The molecule has 2 rings (SSSR count). The highest BCUT2D eigenvalue weighted by Crippen LogP contribution is 2.24. The summed E-state index contributed by atoms with van der Waals surface area (Å²) in [6, 6.07) is 6.93. The molecule has 0 bridgehead atoms. The predicted octanol–water partition coefficient (Wildman–Crippen LogP) is 3.66. The van der Waals surface area contributed by atoms with Crippen LogP contribution in [0.2, 0.25) is 0 Å². The third-order valence-electron chi connectivity index (χ3n) is 2.87. The van der Waals surface area contributed by atoms with Crippen molar-refractivity contribution in [3.05, 3.63) is 59.7 Å². The second-order valence-electron chi connectivity index (χ2n) is 4.79. The summed E-state index contributed by atoms with van der Waals surface area (Å²) in [5.74, 6) is -5.01. The van der Waals surface area contributed by atoms with E-state index in [9.17, 15) is 31.5 Å². The number of anilines is 1. The van der Waals surface area contributed by atoms with E-state index in [2.05, 4.69) is 14.8 Å². The van der Waals surface area contributed by atoms with Crippen LogP contribution >= 0.6 is 0 Å². The van der Waals surface area contributed by atoms with Gasteiger partial charge in [-0.05, 0) is 36.4 Å². The number of nitrogens with one attached hydrogen (secondary N) is 1. The molecule has 1 N–H and O–H groups in total. The number of hydrogen-bond acceptors (Lipinski definition) is 4. The lowest BCUT2D eigenvalue weighted by Gasteiger charge is -2.10. The van der Waals surface area contributed by atoms with Crippen LogP contribution in [0.3, 0.4) is 0 Å². The van der Waals surface area contributed by atoms with Gasteiger partial charge in [0.15, 0.2) is 6.61 Å². The zero-order valence-electron chi connectivity index (χ0n) is 12.8. The Morgan fingerprint density at radius 3 is 2.08 bits per heavy atom. The number of ether oxygens (including phenoxy) is 2. The van der Waals surface area contributed by atoms with Gasteiger partial charge in [-0.3, -0.25) is 4.79 Å². The Labute approximate surface area is 143 Å². The Balaban J connectivity index is 1.90. The smallest absolute Gasteiger partial charge is 0.452 e. The van der Waals surface area contributed by atoms with Gasteiger partial charge in [-0.15, -0.1) is 13.2 Å². The first-order valence-electron chi connectivity index (χ1n) is 6.92. The van der Waals surface area contributed by atoms with Gasteiger partial charge in [-0.1, -0.05) is 6.07 Å². The van der Waals surface area contributed by atoms with E-state index < -0.39 is 47.8 Å². The molecular weight excluding hydrogens is 365 g/mol. The van der Waals surface area contributed by atoms with Crippen molar-refractivity contribution < 1.29 is 41.0 Å². The molecule has 0 aromatic heterocycles. The summed E-state index contributed by atoms with van der Waals surface area (Å²) < 4.78 is 71.0. The molecule has 2 aromatic rings. The molecule has 0 saturated carbocycles. The van der Waals surface area contributed by atoms with Crippen molar-refractivity contribution in [2.45, 2.75) is 6.36 Å². The van der Waals surface area contributed by atoms with Gasteiger partial charge in [0.2, 0.25) is 0 Å². The summed E-state index contributed by atoms with van der Waals surface area (Å²) in [6.45, 7) is -0.854. The van der Waals surface area contributed by atoms with Crippen LogP contribution in [0.4, 0.5) is 27.6 Å². The number of carbonyl (C=O) groups is 2. The van der Waals surface area contributed by atoms with Gasteiger partial charge in [0, 0.05) is 5.69 Å². The predicted molar refractivity (Wildman–Crippen MR) is 78.4 cm³/mol.